The van der Waals surface area contributed by atoms with Crippen molar-refractivity contribution < 1.29 is 99.4 Å². The molecule has 2 aromatic heterocycles. The molecule has 5 atom stereocenters. The van der Waals surface area contributed by atoms with Gasteiger partial charge in [-0.3, -0.25) is 38.0 Å². The summed E-state index contributed by atoms with van der Waals surface area (Å²) in [5, 5.41) is 12.6. The number of amides is 2. The average Bonchev–Trinajstić information content (AvgIpc) is 1.44. The fourth-order valence-electron chi connectivity index (χ4n) is 14.0. The predicted octanol–water partition coefficient (Wildman–Crippen LogP) is 16.3. The molecule has 668 valence electrons. The zero-order chi connectivity index (χ0) is 90.9. The van der Waals surface area contributed by atoms with Gasteiger partial charge in [-0.25, -0.2) is 19.6 Å². The van der Waals surface area contributed by atoms with Crippen LogP contribution in [-0.2, 0) is 94.7 Å². The topological polar surface area (TPSA) is 320 Å². The van der Waals surface area contributed by atoms with Gasteiger partial charge in [0, 0.05) is 91.6 Å². The number of unbranched alkanes of at least 4 members (excludes halogenated alkanes) is 1. The summed E-state index contributed by atoms with van der Waals surface area (Å²) in [6.07, 6.45) is 3.48. The number of rotatable bonds is 37. The van der Waals surface area contributed by atoms with E-state index < -0.39 is 68.2 Å². The number of ether oxygens (including phenoxy) is 8. The van der Waals surface area contributed by atoms with Crippen molar-refractivity contribution in [3.63, 3.8) is 0 Å². The summed E-state index contributed by atoms with van der Waals surface area (Å²) in [7, 11) is 4.88. The number of nitrogens with zero attached hydrogens (tertiary/aromatic N) is 7. The van der Waals surface area contributed by atoms with Gasteiger partial charge in [0.2, 0.25) is 11.8 Å². The molecule has 0 saturated carbocycles. The van der Waals surface area contributed by atoms with E-state index in [0.717, 1.165) is 88.2 Å². The van der Waals surface area contributed by atoms with E-state index in [0.29, 0.717) is 67.4 Å². The minimum atomic E-state index is -1.51. The number of alkyl halides is 1. The number of hydrogen-bond acceptors (Lipinski definition) is 27. The highest BCUT2D eigenvalue weighted by Gasteiger charge is 2.58. The first-order valence-corrected chi connectivity index (χ1v) is 46.9. The van der Waals surface area contributed by atoms with Crippen molar-refractivity contribution in [3.8, 4) is 34.5 Å². The third-order valence-corrected chi connectivity index (χ3v) is 29.2. The molecule has 0 spiro atoms. The minimum absolute atomic E-state index is 0.00362. The van der Waals surface area contributed by atoms with Crippen LogP contribution in [0.15, 0.2) is 153 Å². The Morgan fingerprint density at radius 2 is 1.01 bits per heavy atom. The molecular weight excluding hydrogens is 1810 g/mol. The van der Waals surface area contributed by atoms with Gasteiger partial charge >= 0.3 is 18.1 Å². The zero-order valence-corrected chi connectivity index (χ0v) is 79.4. The number of Topliss-reactive ketones (excluding diaryl/α,β-unsaturated/α-hetero) is 3. The summed E-state index contributed by atoms with van der Waals surface area (Å²) in [5.74, 6) is -0.433. The van der Waals surface area contributed by atoms with Crippen molar-refractivity contribution >= 4 is 138 Å². The Hall–Kier alpha value is -9.67. The van der Waals surface area contributed by atoms with Gasteiger partial charge in [-0.1, -0.05) is 135 Å². The van der Waals surface area contributed by atoms with Crippen molar-refractivity contribution in [2.45, 2.75) is 176 Å². The number of β-lactam (4-membered cyclic amide) rings is 2. The van der Waals surface area contributed by atoms with Crippen LogP contribution in [0.3, 0.4) is 0 Å². The number of hydrogen-bond donors (Lipinski definition) is 0. The molecule has 2 amide bonds. The van der Waals surface area contributed by atoms with Crippen LogP contribution in [0.25, 0.3) is 0 Å². The first-order chi connectivity index (χ1) is 59.4. The van der Waals surface area contributed by atoms with E-state index in [1.165, 1.54) is 27.6 Å². The Balaban J connectivity index is 0.000000298. The Morgan fingerprint density at radius 3 is 1.43 bits per heavy atom. The van der Waals surface area contributed by atoms with Crippen LogP contribution in [0.2, 0.25) is 5.02 Å². The van der Waals surface area contributed by atoms with Gasteiger partial charge < -0.3 is 52.1 Å². The molecule has 0 bridgehead atoms. The Bertz CT molecular complexity index is 5240. The van der Waals surface area contributed by atoms with E-state index in [9.17, 15) is 37.8 Å². The SMILES string of the molecule is COc1ccc(COC(=O)C2=C(CI)CS(=O)[C@@H]3[C@H](CC(=O)/C(=N/OC(C)(C)C(C)(C)C)c4csc(C)n4)C(=O)N23)cc1.COc1ccc(COC(=O)C2=C(C[N+]3(CCCCC(=O)c4ccc(OCc5ccc(OC)cc5)c(OCc5ccc(OC)cc5)c4Cl)CCCC3)CS[C@@H]3[C@H](CC(=O)/C(=N/OC(C)(C)C(C)(C)C)c4csc(C)n4)C(=O)N23)cc1.O=C=O. The van der Waals surface area contributed by atoms with Crippen molar-refractivity contribution in [3.05, 3.63) is 197 Å². The zero-order valence-electron chi connectivity index (χ0n) is 73.3. The lowest BCUT2D eigenvalue weighted by Gasteiger charge is -2.50. The lowest BCUT2D eigenvalue weighted by molar-refractivity contribution is -0.912. The van der Waals surface area contributed by atoms with Gasteiger partial charge in [-0.05, 0) is 143 Å². The number of esters is 2. The molecular formula is C92H108ClIN7O20S4+. The Kier molecular flexibility index (Phi) is 33.7. The number of aromatic nitrogens is 2. The van der Waals surface area contributed by atoms with Crippen molar-refractivity contribution in [2.24, 2.45) is 33.0 Å². The minimum Gasteiger partial charge on any atom is -0.497 e. The fraction of sp³-hybridized carbons (Fsp3) is 0.457. The van der Waals surface area contributed by atoms with E-state index in [1.54, 1.807) is 104 Å². The highest BCUT2D eigenvalue weighted by molar-refractivity contribution is 14.1. The maximum Gasteiger partial charge on any atom is 0.373 e. The number of fused-ring (bicyclic) bond motifs is 2. The van der Waals surface area contributed by atoms with Crippen LogP contribution in [0, 0.1) is 36.5 Å². The lowest BCUT2D eigenvalue weighted by atomic mass is 9.79. The number of thioether (sulfide) groups is 1. The molecule has 7 aromatic rings. The standard InChI is InChI=1S/C61H72ClN4O11S2.C30H36IN3O7S2.CO2/c1-39-63-49(38-78-39)54(64-77-61(5,6)60(2,3)4)51(68)32-48-57(69)65-55(59(70)76-36-42-19-25-46(73-9)26-20-42)43(37-79-58(48)65)33-66(30-12-13-31-66)29-11-10-14-50(67)47-27-28-52(74-34-40-15-21-44(71-7)22-16-40)56(53(47)62)75-35-41-17-23-45(72-8)24-18-41;1-17-32-22(15-42-17)24(33-41-30(5,6)29(2,3)4)23(35)12-21-26(36)34-25(19(13-31)16-43(38)27(21)34)28(37)40-14-18-8-10-20(39-7)11-9-18;2-1-3/h15-28,38,48,58H,10-14,29-37H2,1-9H3;8-11,15,21,27H,12-14,16H2,1-7H3;/q+1;;/b64-54+;33-24+;/t48-,58-;21-,27-,43?;/m11./s1. The van der Waals surface area contributed by atoms with E-state index in [-0.39, 0.29) is 119 Å². The summed E-state index contributed by atoms with van der Waals surface area (Å²) in [6, 6.07) is 32.9. The molecule has 0 aliphatic carbocycles. The average molecular weight is 1920 g/mol. The number of likely N-dealkylation sites (tertiary alicyclic amines) is 1. The Labute approximate surface area is 762 Å². The number of methoxy groups -OCH3 is 4. The number of aryl methyl sites for hydroxylation is 2. The predicted molar refractivity (Wildman–Crippen MR) is 486 cm³/mol. The van der Waals surface area contributed by atoms with E-state index in [4.69, 9.17) is 68.8 Å². The maximum absolute atomic E-state index is 14.5. The van der Waals surface area contributed by atoms with Crippen LogP contribution >= 0.6 is 68.6 Å². The Morgan fingerprint density at radius 1 is 0.584 bits per heavy atom. The monoisotopic (exact) mass is 1920 g/mol. The summed E-state index contributed by atoms with van der Waals surface area (Å²) in [4.78, 5) is 138. The fourth-order valence-corrected chi connectivity index (χ4v) is 19.7. The molecule has 0 N–H and O–H groups in total. The molecule has 5 aliphatic rings. The second-order valence-electron chi connectivity index (χ2n) is 33.8. The molecule has 7 heterocycles. The largest absolute Gasteiger partial charge is 0.497 e. The highest BCUT2D eigenvalue weighted by atomic mass is 127. The number of halogens is 2. The second-order valence-corrected chi connectivity index (χ2v) is 39.7. The number of thiazole rings is 2. The summed E-state index contributed by atoms with van der Waals surface area (Å²) in [6.45, 7) is 26.9. The molecule has 3 fully saturated rings. The summed E-state index contributed by atoms with van der Waals surface area (Å²) in [5.41, 5.74) is 4.25. The first kappa shape index (κ1) is 97.5. The van der Waals surface area contributed by atoms with Gasteiger partial charge in [-0.2, -0.15) is 9.59 Å². The first-order valence-electron chi connectivity index (χ1n) is 40.8. The van der Waals surface area contributed by atoms with Crippen LogP contribution in [0.4, 0.5) is 0 Å². The highest BCUT2D eigenvalue weighted by Crippen LogP contribution is 2.48. The molecule has 1 unspecified atom stereocenters. The van der Waals surface area contributed by atoms with Gasteiger partial charge in [0.1, 0.15) is 95.3 Å². The lowest BCUT2D eigenvalue weighted by Crippen LogP contribution is -2.66. The van der Waals surface area contributed by atoms with E-state index in [1.807, 2.05) is 144 Å². The number of carbonyl (C=O) groups excluding carboxylic acids is 9. The van der Waals surface area contributed by atoms with E-state index in [2.05, 4.69) is 42.9 Å². The van der Waals surface area contributed by atoms with Crippen molar-refractivity contribution in [2.75, 3.05) is 70.6 Å². The van der Waals surface area contributed by atoms with Gasteiger partial charge in [0.15, 0.2) is 40.3 Å². The number of carbonyl (C=O) groups is 7. The van der Waals surface area contributed by atoms with E-state index >= 15 is 0 Å². The number of oxime groups is 2. The molecule has 5 aromatic carbocycles. The smallest absolute Gasteiger partial charge is 0.373 e. The van der Waals surface area contributed by atoms with Crippen molar-refractivity contribution in [1.82, 2.24) is 19.8 Å². The van der Waals surface area contributed by atoms with Crippen LogP contribution in [0.1, 0.15) is 168 Å². The van der Waals surface area contributed by atoms with Gasteiger partial charge in [-0.15, -0.1) is 34.4 Å². The third kappa shape index (κ3) is 24.2. The molecule has 3 saturated heterocycles. The van der Waals surface area contributed by atoms with Gasteiger partial charge in [0.05, 0.1) is 80.3 Å². The third-order valence-electron chi connectivity index (χ3n) is 23.3. The van der Waals surface area contributed by atoms with Crippen LogP contribution < -0.4 is 28.4 Å². The van der Waals surface area contributed by atoms with Crippen LogP contribution in [0.5, 0.6) is 34.5 Å². The number of benzene rings is 5. The summed E-state index contributed by atoms with van der Waals surface area (Å²) >= 11 is 13.5. The quantitative estimate of drug-likeness (QED) is 0.00402. The van der Waals surface area contributed by atoms with Crippen molar-refractivity contribution in [1.29, 1.82) is 0 Å². The number of ketones is 3. The molecule has 125 heavy (non-hydrogen) atoms. The molecule has 33 heteroatoms. The van der Waals surface area contributed by atoms with Gasteiger partial charge in [0.25, 0.3) is 0 Å². The number of quaternary nitrogens is 1. The molecule has 5 aliphatic heterocycles. The molecule has 12 rings (SSSR count). The second kappa shape index (κ2) is 43.2. The molecule has 27 nitrogen and oxygen atoms in total. The molecule has 0 radical (unpaired) electrons. The summed E-state index contributed by atoms with van der Waals surface area (Å²) < 4.78 is 59.7. The normalized spacial score (nSPS) is 18.1. The van der Waals surface area contributed by atoms with Crippen LogP contribution in [-0.4, -0.2) is 180 Å². The maximum atomic E-state index is 14.5.